The molecule has 0 spiro atoms. The summed E-state index contributed by atoms with van der Waals surface area (Å²) in [5.41, 5.74) is 0.506. The molecule has 2 rings (SSSR count). The summed E-state index contributed by atoms with van der Waals surface area (Å²) in [6.45, 7) is 2.33. The number of rotatable bonds is 3. The molecule has 1 atom stereocenters. The Morgan fingerprint density at radius 3 is 3.11 bits per heavy atom. The van der Waals surface area contributed by atoms with Crippen LogP contribution in [0, 0.1) is 5.82 Å². The Bertz CT molecular complexity index is 467. The molecule has 0 fully saturated rings. The lowest BCUT2D eigenvalue weighted by molar-refractivity contribution is 0.0520. The maximum atomic E-state index is 13.8. The average Bonchev–Trinajstić information content (AvgIpc) is 2.38. The van der Waals surface area contributed by atoms with Crippen molar-refractivity contribution in [1.82, 2.24) is 4.84 Å². The van der Waals surface area contributed by atoms with Gasteiger partial charge in [-0.25, -0.2) is 14.0 Å². The first kappa shape index (κ1) is 13.1. The van der Waals surface area contributed by atoms with Gasteiger partial charge in [0.2, 0.25) is 0 Å². The number of nitrogens with one attached hydrogen (secondary N) is 1. The van der Waals surface area contributed by atoms with Gasteiger partial charge >= 0.3 is 5.97 Å². The summed E-state index contributed by atoms with van der Waals surface area (Å²) in [4.78, 5) is 14.2. The van der Waals surface area contributed by atoms with Crippen molar-refractivity contribution in [3.05, 3.63) is 29.1 Å². The maximum absolute atomic E-state index is 13.8. The summed E-state index contributed by atoms with van der Waals surface area (Å²) >= 11 is 5.58. The average molecular weight is 274 g/mol. The summed E-state index contributed by atoms with van der Waals surface area (Å²) in [5, 5.41) is 0. The Labute approximate surface area is 109 Å². The van der Waals surface area contributed by atoms with Gasteiger partial charge in [0.1, 0.15) is 17.1 Å². The van der Waals surface area contributed by atoms with E-state index in [-0.39, 0.29) is 29.5 Å². The Balaban J connectivity index is 2.48. The minimum atomic E-state index is -0.524. The fourth-order valence-corrected chi connectivity index (χ4v) is 2.18. The van der Waals surface area contributed by atoms with Gasteiger partial charge in [0.25, 0.3) is 0 Å². The molecule has 18 heavy (non-hydrogen) atoms. The van der Waals surface area contributed by atoms with Crippen molar-refractivity contribution in [3.8, 4) is 5.75 Å². The van der Waals surface area contributed by atoms with E-state index >= 15 is 0 Å². The first-order valence-corrected chi connectivity index (χ1v) is 6.05. The molecule has 1 aromatic carbocycles. The van der Waals surface area contributed by atoms with Gasteiger partial charge in [-0.05, 0) is 30.8 Å². The lowest BCUT2D eigenvalue weighted by atomic mass is 9.97. The van der Waals surface area contributed by atoms with Crippen LogP contribution in [0.2, 0.25) is 0 Å². The number of fused-ring (bicyclic) bond motifs is 1. The van der Waals surface area contributed by atoms with Gasteiger partial charge in [0, 0.05) is 12.0 Å². The van der Waals surface area contributed by atoms with Crippen molar-refractivity contribution in [2.24, 2.45) is 0 Å². The van der Waals surface area contributed by atoms with Crippen molar-refractivity contribution in [1.29, 1.82) is 0 Å². The molecule has 0 bridgehead atoms. The predicted molar refractivity (Wildman–Crippen MR) is 64.2 cm³/mol. The topological polar surface area (TPSA) is 47.6 Å². The van der Waals surface area contributed by atoms with E-state index in [1.54, 1.807) is 6.92 Å². The minimum absolute atomic E-state index is 0.220. The van der Waals surface area contributed by atoms with E-state index in [4.69, 9.17) is 21.3 Å². The Hall–Kier alpha value is -1.33. The number of carbonyl (C=O) groups is 1. The zero-order chi connectivity index (χ0) is 13.1. The van der Waals surface area contributed by atoms with E-state index in [2.05, 4.69) is 4.84 Å². The van der Waals surface area contributed by atoms with E-state index in [1.807, 2.05) is 0 Å². The van der Waals surface area contributed by atoms with Gasteiger partial charge in [0.15, 0.2) is 0 Å². The van der Waals surface area contributed by atoms with E-state index < -0.39 is 11.8 Å². The molecule has 1 aromatic rings. The standard InChI is InChI=1S/C12H13ClFNO3/c1-2-17-12(16)7-3-4-8(14)10-9(15-13)5-6-18-11(7)10/h3-4,9,15H,2,5-6H2,1H3/t9-/m0/s1. The van der Waals surface area contributed by atoms with E-state index in [0.717, 1.165) is 0 Å². The van der Waals surface area contributed by atoms with Crippen molar-refractivity contribution >= 4 is 17.7 Å². The molecule has 1 heterocycles. The molecule has 4 nitrogen and oxygen atoms in total. The number of esters is 1. The Kier molecular flexibility index (Phi) is 4.04. The largest absolute Gasteiger partial charge is 0.492 e. The van der Waals surface area contributed by atoms with Crippen LogP contribution in [0.4, 0.5) is 4.39 Å². The quantitative estimate of drug-likeness (QED) is 0.679. The van der Waals surface area contributed by atoms with Gasteiger partial charge in [0.05, 0.1) is 19.3 Å². The Morgan fingerprint density at radius 2 is 2.44 bits per heavy atom. The molecule has 0 radical (unpaired) electrons. The molecule has 0 saturated carbocycles. The molecular formula is C12H13ClFNO3. The smallest absolute Gasteiger partial charge is 0.341 e. The number of benzene rings is 1. The number of carbonyl (C=O) groups excluding carboxylic acids is 1. The zero-order valence-electron chi connectivity index (χ0n) is 9.83. The molecule has 0 aliphatic carbocycles. The highest BCUT2D eigenvalue weighted by molar-refractivity contribution is 6.13. The van der Waals surface area contributed by atoms with Crippen LogP contribution in [0.15, 0.2) is 12.1 Å². The molecular weight excluding hydrogens is 261 g/mol. The molecule has 1 aliphatic rings. The van der Waals surface area contributed by atoms with Crippen LogP contribution >= 0.6 is 11.8 Å². The third-order valence-corrected chi connectivity index (χ3v) is 3.03. The highest BCUT2D eigenvalue weighted by Gasteiger charge is 2.29. The first-order valence-electron chi connectivity index (χ1n) is 5.67. The van der Waals surface area contributed by atoms with Crippen LogP contribution in [0.5, 0.6) is 5.75 Å². The third-order valence-electron chi connectivity index (χ3n) is 2.77. The third kappa shape index (κ3) is 2.28. The van der Waals surface area contributed by atoms with Crippen molar-refractivity contribution in [2.45, 2.75) is 19.4 Å². The summed E-state index contributed by atoms with van der Waals surface area (Å²) in [7, 11) is 0. The van der Waals surface area contributed by atoms with E-state index in [1.165, 1.54) is 12.1 Å². The number of ether oxygens (including phenoxy) is 2. The SMILES string of the molecule is CCOC(=O)c1ccc(F)c2c1OCC[C@@H]2NCl. The predicted octanol–water partition coefficient (Wildman–Crippen LogP) is 2.57. The highest BCUT2D eigenvalue weighted by Crippen LogP contribution is 2.37. The van der Waals surface area contributed by atoms with Crippen LogP contribution in [-0.2, 0) is 4.74 Å². The Morgan fingerprint density at radius 1 is 1.67 bits per heavy atom. The molecule has 0 aromatic heterocycles. The first-order chi connectivity index (χ1) is 8.69. The molecule has 1 aliphatic heterocycles. The second-order valence-electron chi connectivity index (χ2n) is 3.86. The zero-order valence-corrected chi connectivity index (χ0v) is 10.6. The van der Waals surface area contributed by atoms with Gasteiger partial charge in [-0.15, -0.1) is 0 Å². The minimum Gasteiger partial charge on any atom is -0.492 e. The van der Waals surface area contributed by atoms with Gasteiger partial charge in [-0.1, -0.05) is 0 Å². The molecule has 0 amide bonds. The number of halogens is 2. The van der Waals surface area contributed by atoms with Crippen LogP contribution in [0.1, 0.15) is 35.3 Å². The van der Waals surface area contributed by atoms with E-state index in [9.17, 15) is 9.18 Å². The molecule has 1 N–H and O–H groups in total. The van der Waals surface area contributed by atoms with E-state index in [0.29, 0.717) is 13.0 Å². The lowest BCUT2D eigenvalue weighted by Gasteiger charge is -2.26. The van der Waals surface area contributed by atoms with Gasteiger partial charge in [-0.2, -0.15) is 0 Å². The molecule has 0 saturated heterocycles. The number of hydrogen-bond acceptors (Lipinski definition) is 4. The van der Waals surface area contributed by atoms with Gasteiger partial charge in [-0.3, -0.25) is 0 Å². The van der Waals surface area contributed by atoms with Crippen LogP contribution in [0.25, 0.3) is 0 Å². The second-order valence-corrected chi connectivity index (χ2v) is 4.08. The normalized spacial score (nSPS) is 17.8. The van der Waals surface area contributed by atoms with Crippen molar-refractivity contribution in [3.63, 3.8) is 0 Å². The monoisotopic (exact) mass is 273 g/mol. The fraction of sp³-hybridized carbons (Fsp3) is 0.417. The maximum Gasteiger partial charge on any atom is 0.341 e. The highest BCUT2D eigenvalue weighted by atomic mass is 35.5. The molecule has 0 unspecified atom stereocenters. The summed E-state index contributed by atoms with van der Waals surface area (Å²) in [6, 6.07) is 2.22. The van der Waals surface area contributed by atoms with Crippen LogP contribution in [0.3, 0.4) is 0 Å². The van der Waals surface area contributed by atoms with Crippen LogP contribution < -0.4 is 9.57 Å². The summed E-state index contributed by atoms with van der Waals surface area (Å²) in [6.07, 6.45) is 0.541. The van der Waals surface area contributed by atoms with Gasteiger partial charge < -0.3 is 9.47 Å². The lowest BCUT2D eigenvalue weighted by Crippen LogP contribution is -2.24. The number of hydrogen-bond donors (Lipinski definition) is 1. The van der Waals surface area contributed by atoms with Crippen molar-refractivity contribution < 1.29 is 18.7 Å². The van der Waals surface area contributed by atoms with Crippen molar-refractivity contribution in [2.75, 3.05) is 13.2 Å². The fourth-order valence-electron chi connectivity index (χ4n) is 1.96. The molecule has 98 valence electrons. The molecule has 6 heteroatoms. The second kappa shape index (κ2) is 5.54. The summed E-state index contributed by atoms with van der Waals surface area (Å²) < 4.78 is 24.1. The summed E-state index contributed by atoms with van der Waals surface area (Å²) in [5.74, 6) is -0.752. The van der Waals surface area contributed by atoms with Crippen LogP contribution in [-0.4, -0.2) is 19.2 Å².